The van der Waals surface area contributed by atoms with Crippen molar-refractivity contribution in [1.82, 2.24) is 5.32 Å². The van der Waals surface area contributed by atoms with E-state index < -0.39 is 6.10 Å². The summed E-state index contributed by atoms with van der Waals surface area (Å²) in [6.07, 6.45) is -0.517. The van der Waals surface area contributed by atoms with Gasteiger partial charge in [-0.05, 0) is 29.8 Å². The largest absolute Gasteiger partial charge is 0.460 e. The van der Waals surface area contributed by atoms with Crippen molar-refractivity contribution < 1.29 is 9.52 Å². The molecule has 0 spiro atoms. The Morgan fingerprint density at radius 2 is 1.70 bits per heavy atom. The van der Waals surface area contributed by atoms with Crippen LogP contribution in [0.15, 0.2) is 75.6 Å². The average molecular weight is 372 g/mol. The van der Waals surface area contributed by atoms with Gasteiger partial charge in [-0.3, -0.25) is 0 Å². The number of benzene rings is 2. The van der Waals surface area contributed by atoms with Crippen molar-refractivity contribution in [3.63, 3.8) is 0 Å². The van der Waals surface area contributed by atoms with Gasteiger partial charge in [0.2, 0.25) is 0 Å². The molecule has 3 aromatic rings. The number of aliphatic hydroxyl groups is 1. The van der Waals surface area contributed by atoms with Crippen LogP contribution in [0.1, 0.15) is 17.4 Å². The number of furan rings is 1. The minimum atomic E-state index is -0.517. The summed E-state index contributed by atoms with van der Waals surface area (Å²) < 4.78 is 6.88. The Hall–Kier alpha value is -1.88. The normalized spacial score (nSPS) is 12.3. The molecule has 0 radical (unpaired) electrons. The van der Waals surface area contributed by atoms with Crippen LogP contribution in [-0.2, 0) is 6.54 Å². The maximum atomic E-state index is 10.1. The second-order valence-electron chi connectivity index (χ2n) is 5.33. The summed E-state index contributed by atoms with van der Waals surface area (Å²) in [6.45, 7) is 1.07. The van der Waals surface area contributed by atoms with Crippen molar-refractivity contribution in [3.05, 3.63) is 82.5 Å². The van der Waals surface area contributed by atoms with Gasteiger partial charge >= 0.3 is 0 Å². The van der Waals surface area contributed by atoms with Crippen LogP contribution in [0.2, 0.25) is 0 Å². The predicted molar refractivity (Wildman–Crippen MR) is 95.0 cm³/mol. The van der Waals surface area contributed by atoms with Crippen LogP contribution >= 0.6 is 15.9 Å². The van der Waals surface area contributed by atoms with Gasteiger partial charge in [0.1, 0.15) is 11.5 Å². The Labute approximate surface area is 144 Å². The number of halogens is 1. The summed E-state index contributed by atoms with van der Waals surface area (Å²) in [6, 6.07) is 21.6. The Morgan fingerprint density at radius 1 is 0.957 bits per heavy atom. The number of nitrogens with one attached hydrogen (secondary N) is 1. The van der Waals surface area contributed by atoms with Gasteiger partial charge < -0.3 is 14.8 Å². The first kappa shape index (κ1) is 16.0. The summed E-state index contributed by atoms with van der Waals surface area (Å²) in [5.41, 5.74) is 1.96. The van der Waals surface area contributed by atoms with Gasteiger partial charge in [0, 0.05) is 16.6 Å². The fourth-order valence-electron chi connectivity index (χ4n) is 2.37. The van der Waals surface area contributed by atoms with Gasteiger partial charge in [-0.15, -0.1) is 0 Å². The zero-order chi connectivity index (χ0) is 16.1. The summed E-state index contributed by atoms with van der Waals surface area (Å²) in [7, 11) is 0. The second-order valence-corrected chi connectivity index (χ2v) is 6.25. The lowest BCUT2D eigenvalue weighted by atomic mass is 10.1. The Balaban J connectivity index is 1.54. The standard InChI is InChI=1S/C19H18BrNO2/c20-16-8-6-15(7-9-16)19-11-10-17(23-19)12-21-13-18(22)14-4-2-1-3-5-14/h1-11,18,21-22H,12-13H2. The molecule has 0 aliphatic rings. The molecule has 4 heteroatoms. The molecule has 0 saturated carbocycles. The van der Waals surface area contributed by atoms with E-state index in [9.17, 15) is 5.11 Å². The zero-order valence-corrected chi connectivity index (χ0v) is 14.2. The number of rotatable bonds is 6. The minimum absolute atomic E-state index is 0.484. The predicted octanol–water partition coefficient (Wildman–Crippen LogP) is 4.53. The van der Waals surface area contributed by atoms with Gasteiger partial charge in [-0.25, -0.2) is 0 Å². The molecule has 1 aromatic heterocycles. The molecule has 3 rings (SSSR count). The van der Waals surface area contributed by atoms with Crippen LogP contribution < -0.4 is 5.32 Å². The van der Waals surface area contributed by atoms with Crippen LogP contribution in [0, 0.1) is 0 Å². The van der Waals surface area contributed by atoms with Crippen molar-refractivity contribution >= 4 is 15.9 Å². The molecule has 3 nitrogen and oxygen atoms in total. The third-order valence-corrected chi connectivity index (χ3v) is 4.14. The molecule has 0 saturated heterocycles. The molecule has 1 heterocycles. The maximum Gasteiger partial charge on any atom is 0.134 e. The summed E-state index contributed by atoms with van der Waals surface area (Å²) in [5, 5.41) is 13.3. The molecular weight excluding hydrogens is 354 g/mol. The van der Waals surface area contributed by atoms with Gasteiger partial charge in [-0.1, -0.05) is 58.4 Å². The summed E-state index contributed by atoms with van der Waals surface area (Å²) in [4.78, 5) is 0. The molecule has 0 bridgehead atoms. The maximum absolute atomic E-state index is 10.1. The van der Waals surface area contributed by atoms with Crippen molar-refractivity contribution in [2.45, 2.75) is 12.6 Å². The monoisotopic (exact) mass is 371 g/mol. The van der Waals surface area contributed by atoms with E-state index in [-0.39, 0.29) is 0 Å². The van der Waals surface area contributed by atoms with Crippen LogP contribution in [0.4, 0.5) is 0 Å². The van der Waals surface area contributed by atoms with Gasteiger partial charge in [-0.2, -0.15) is 0 Å². The van der Waals surface area contributed by atoms with E-state index in [1.165, 1.54) is 0 Å². The molecular formula is C19H18BrNO2. The van der Waals surface area contributed by atoms with E-state index in [2.05, 4.69) is 21.2 Å². The fourth-order valence-corrected chi connectivity index (χ4v) is 2.63. The lowest BCUT2D eigenvalue weighted by Gasteiger charge is -2.11. The van der Waals surface area contributed by atoms with Gasteiger partial charge in [0.05, 0.1) is 12.6 Å². The molecule has 118 valence electrons. The molecule has 23 heavy (non-hydrogen) atoms. The molecule has 0 aliphatic carbocycles. The van der Waals surface area contributed by atoms with Crippen LogP contribution in [0.3, 0.4) is 0 Å². The molecule has 1 unspecified atom stereocenters. The van der Waals surface area contributed by atoms with Gasteiger partial charge in [0.25, 0.3) is 0 Å². The first-order valence-corrected chi connectivity index (χ1v) is 8.30. The van der Waals surface area contributed by atoms with Crippen molar-refractivity contribution in [3.8, 4) is 11.3 Å². The number of hydrogen-bond acceptors (Lipinski definition) is 3. The number of hydrogen-bond donors (Lipinski definition) is 2. The van der Waals surface area contributed by atoms with E-state index >= 15 is 0 Å². The van der Waals surface area contributed by atoms with E-state index in [1.54, 1.807) is 0 Å². The molecule has 1 atom stereocenters. The van der Waals surface area contributed by atoms with E-state index in [4.69, 9.17) is 4.42 Å². The SMILES string of the molecule is OC(CNCc1ccc(-c2ccc(Br)cc2)o1)c1ccccc1. The summed E-state index contributed by atoms with van der Waals surface area (Å²) in [5.74, 6) is 1.70. The molecule has 0 fully saturated rings. The van der Waals surface area contributed by atoms with Crippen molar-refractivity contribution in [2.24, 2.45) is 0 Å². The topological polar surface area (TPSA) is 45.4 Å². The first-order chi connectivity index (χ1) is 11.2. The number of aliphatic hydroxyl groups excluding tert-OH is 1. The molecule has 0 aliphatic heterocycles. The van der Waals surface area contributed by atoms with Crippen LogP contribution in [0.25, 0.3) is 11.3 Å². The Kier molecular flexibility index (Phi) is 5.28. The lowest BCUT2D eigenvalue weighted by Crippen LogP contribution is -2.20. The van der Waals surface area contributed by atoms with Crippen molar-refractivity contribution in [2.75, 3.05) is 6.54 Å². The molecule has 0 amide bonds. The highest BCUT2D eigenvalue weighted by Crippen LogP contribution is 2.24. The third-order valence-electron chi connectivity index (χ3n) is 3.61. The van der Waals surface area contributed by atoms with Crippen LogP contribution in [-0.4, -0.2) is 11.7 Å². The Morgan fingerprint density at radius 3 is 2.43 bits per heavy atom. The highest BCUT2D eigenvalue weighted by molar-refractivity contribution is 9.10. The van der Waals surface area contributed by atoms with E-state index in [1.807, 2.05) is 66.7 Å². The summed E-state index contributed by atoms with van der Waals surface area (Å²) >= 11 is 3.43. The Bertz CT molecular complexity index is 738. The van der Waals surface area contributed by atoms with E-state index in [0.717, 1.165) is 27.1 Å². The minimum Gasteiger partial charge on any atom is -0.460 e. The van der Waals surface area contributed by atoms with Gasteiger partial charge in [0.15, 0.2) is 0 Å². The highest BCUT2D eigenvalue weighted by Gasteiger charge is 2.08. The first-order valence-electron chi connectivity index (χ1n) is 7.51. The van der Waals surface area contributed by atoms with Crippen LogP contribution in [0.5, 0.6) is 0 Å². The smallest absolute Gasteiger partial charge is 0.134 e. The second kappa shape index (κ2) is 7.59. The average Bonchev–Trinajstić information content (AvgIpc) is 3.05. The van der Waals surface area contributed by atoms with Crippen molar-refractivity contribution in [1.29, 1.82) is 0 Å². The molecule has 2 N–H and O–H groups in total. The fraction of sp³-hybridized carbons (Fsp3) is 0.158. The molecule has 2 aromatic carbocycles. The lowest BCUT2D eigenvalue weighted by molar-refractivity contribution is 0.173. The quantitative estimate of drug-likeness (QED) is 0.668. The zero-order valence-electron chi connectivity index (χ0n) is 12.6. The highest BCUT2D eigenvalue weighted by atomic mass is 79.9. The third kappa shape index (κ3) is 4.32. The van der Waals surface area contributed by atoms with E-state index in [0.29, 0.717) is 13.1 Å².